The van der Waals surface area contributed by atoms with Gasteiger partial charge < -0.3 is 4.57 Å². The molecule has 0 amide bonds. The van der Waals surface area contributed by atoms with Crippen LogP contribution in [0.15, 0.2) is 24.5 Å². The van der Waals surface area contributed by atoms with Crippen LogP contribution < -0.4 is 0 Å². The number of rotatable bonds is 2. The van der Waals surface area contributed by atoms with Crippen molar-refractivity contribution in [2.75, 3.05) is 6.26 Å². The minimum atomic E-state index is -3.21. The van der Waals surface area contributed by atoms with E-state index in [1.807, 2.05) is 29.7 Å². The van der Waals surface area contributed by atoms with Crippen LogP contribution in [0.1, 0.15) is 17.2 Å². The van der Waals surface area contributed by atoms with E-state index in [0.717, 1.165) is 22.6 Å². The molecule has 0 aliphatic carbocycles. The second-order valence-corrected chi connectivity index (χ2v) is 8.46. The average molecular weight is 364 g/mol. The third-order valence-corrected chi connectivity index (χ3v) is 4.96. The fourth-order valence-electron chi connectivity index (χ4n) is 2.89. The topological polar surface area (TPSA) is 82.7 Å². The van der Waals surface area contributed by atoms with Crippen LogP contribution in [0.3, 0.4) is 0 Å². The molecule has 0 unspecified atom stereocenters. The molecule has 4 rings (SSSR count). The lowest BCUT2D eigenvalue weighted by atomic mass is 10.1. The van der Waals surface area contributed by atoms with E-state index in [1.165, 1.54) is 6.26 Å². The summed E-state index contributed by atoms with van der Waals surface area (Å²) in [6.45, 7) is 2.39. The number of hydrogen-bond donors (Lipinski definition) is 0. The number of hydrogen-bond acceptors (Lipinski definition) is 5. The van der Waals surface area contributed by atoms with Crippen molar-refractivity contribution in [2.24, 2.45) is 0 Å². The van der Waals surface area contributed by atoms with E-state index < -0.39 is 9.84 Å². The fraction of sp³-hybridized carbons (Fsp3) is 0.267. The Bertz CT molecular complexity index is 1070. The quantitative estimate of drug-likeness (QED) is 0.544. The monoisotopic (exact) mass is 363 g/mol. The molecule has 0 bridgehead atoms. The molecule has 1 aromatic carbocycles. The van der Waals surface area contributed by atoms with E-state index in [4.69, 9.17) is 11.6 Å². The Labute approximate surface area is 143 Å². The van der Waals surface area contributed by atoms with Gasteiger partial charge in [0.05, 0.1) is 29.9 Å². The summed E-state index contributed by atoms with van der Waals surface area (Å²) in [5.41, 5.74) is 3.56. The number of aromatic nitrogens is 5. The van der Waals surface area contributed by atoms with Gasteiger partial charge in [-0.2, -0.15) is 5.10 Å². The maximum Gasteiger partial charge on any atom is 0.166 e. The lowest BCUT2D eigenvalue weighted by Crippen LogP contribution is -2.07. The van der Waals surface area contributed by atoms with Crippen LogP contribution in [0.4, 0.5) is 0 Å². The van der Waals surface area contributed by atoms with Gasteiger partial charge in [0.1, 0.15) is 5.75 Å². The Hall–Kier alpha value is -2.19. The molecule has 0 atom stereocenters. The molecule has 9 heteroatoms. The van der Waals surface area contributed by atoms with Gasteiger partial charge in [-0.25, -0.2) is 23.1 Å². The predicted octanol–water partition coefficient (Wildman–Crippen LogP) is 2.00. The highest BCUT2D eigenvalue weighted by molar-refractivity contribution is 7.89. The number of sulfone groups is 1. The van der Waals surface area contributed by atoms with E-state index in [2.05, 4.69) is 15.1 Å². The Balaban J connectivity index is 1.98. The highest BCUT2D eigenvalue weighted by Gasteiger charge is 2.25. The second kappa shape index (κ2) is 5.15. The Morgan fingerprint density at radius 1 is 1.33 bits per heavy atom. The van der Waals surface area contributed by atoms with Crippen LogP contribution in [0, 0.1) is 6.92 Å². The number of benzene rings is 1. The average Bonchev–Trinajstić information content (AvgIpc) is 2.99. The van der Waals surface area contributed by atoms with Crippen LogP contribution in [0.2, 0.25) is 5.02 Å². The van der Waals surface area contributed by atoms with Crippen molar-refractivity contribution in [3.8, 4) is 17.1 Å². The van der Waals surface area contributed by atoms with Crippen molar-refractivity contribution in [3.05, 3.63) is 46.8 Å². The van der Waals surface area contributed by atoms with E-state index in [-0.39, 0.29) is 11.6 Å². The molecule has 0 radical (unpaired) electrons. The molecule has 7 nitrogen and oxygen atoms in total. The van der Waals surface area contributed by atoms with E-state index in [0.29, 0.717) is 17.4 Å². The van der Waals surface area contributed by atoms with Gasteiger partial charge >= 0.3 is 0 Å². The molecule has 2 aromatic heterocycles. The summed E-state index contributed by atoms with van der Waals surface area (Å²) in [6.07, 6.45) is 2.94. The lowest BCUT2D eigenvalue weighted by molar-refractivity contribution is 0.598. The number of nitrogens with zero attached hydrogens (tertiary/aromatic N) is 5. The van der Waals surface area contributed by atoms with Crippen LogP contribution in [-0.2, 0) is 22.1 Å². The van der Waals surface area contributed by atoms with Crippen molar-refractivity contribution in [2.45, 2.75) is 19.2 Å². The Kier molecular flexibility index (Phi) is 3.29. The minimum Gasteiger partial charge on any atom is -0.300 e. The molecule has 0 saturated carbocycles. The maximum atomic E-state index is 11.6. The van der Waals surface area contributed by atoms with Crippen LogP contribution in [0.5, 0.6) is 0 Å². The highest BCUT2D eigenvalue weighted by Crippen LogP contribution is 2.33. The van der Waals surface area contributed by atoms with Gasteiger partial charge in [-0.3, -0.25) is 0 Å². The summed E-state index contributed by atoms with van der Waals surface area (Å²) >= 11 is 6.16. The van der Waals surface area contributed by atoms with E-state index >= 15 is 0 Å². The number of halogens is 1. The molecule has 0 saturated heterocycles. The first-order chi connectivity index (χ1) is 11.3. The van der Waals surface area contributed by atoms with Gasteiger partial charge in [0.15, 0.2) is 21.5 Å². The third kappa shape index (κ3) is 2.51. The summed E-state index contributed by atoms with van der Waals surface area (Å²) in [6, 6.07) is 5.53. The zero-order valence-corrected chi connectivity index (χ0v) is 14.6. The molecule has 1 aliphatic heterocycles. The van der Waals surface area contributed by atoms with Crippen LogP contribution in [-0.4, -0.2) is 39.0 Å². The van der Waals surface area contributed by atoms with E-state index in [9.17, 15) is 8.42 Å². The summed E-state index contributed by atoms with van der Waals surface area (Å²) in [7, 11) is -3.21. The highest BCUT2D eigenvalue weighted by atomic mass is 35.5. The minimum absolute atomic E-state index is 0.193. The van der Waals surface area contributed by atoms with Gasteiger partial charge in [-0.1, -0.05) is 11.6 Å². The first kappa shape index (κ1) is 15.3. The first-order valence-corrected chi connectivity index (χ1v) is 9.70. The van der Waals surface area contributed by atoms with E-state index in [1.54, 1.807) is 11.0 Å². The normalized spacial score (nSPS) is 13.1. The number of fused-ring (bicyclic) bond motifs is 5. The van der Waals surface area contributed by atoms with Crippen molar-refractivity contribution >= 4 is 21.4 Å². The standard InChI is InChI=1S/C15H14ClN5O2S/c1-9-13-6-21-15(18-14(19-21)7-24(2,22)23)11-5-10(16)3-4-12(11)20(13)8-17-9/h3-5,8H,6-7H2,1-2H3. The second-order valence-electron chi connectivity index (χ2n) is 5.89. The maximum absolute atomic E-state index is 11.6. The molecule has 3 aromatic rings. The summed E-state index contributed by atoms with van der Waals surface area (Å²) < 4.78 is 26.8. The number of aryl methyl sites for hydroxylation is 1. The van der Waals surface area contributed by atoms with Crippen molar-refractivity contribution in [3.63, 3.8) is 0 Å². The molecule has 0 fully saturated rings. The molecule has 3 heterocycles. The van der Waals surface area contributed by atoms with Crippen molar-refractivity contribution < 1.29 is 8.42 Å². The van der Waals surface area contributed by atoms with Gasteiger partial charge in [-0.15, -0.1) is 0 Å². The smallest absolute Gasteiger partial charge is 0.166 e. The molecule has 24 heavy (non-hydrogen) atoms. The zero-order valence-electron chi connectivity index (χ0n) is 13.1. The van der Waals surface area contributed by atoms with Gasteiger partial charge in [0.25, 0.3) is 0 Å². The van der Waals surface area contributed by atoms with Gasteiger partial charge in [0.2, 0.25) is 0 Å². The Morgan fingerprint density at radius 2 is 2.12 bits per heavy atom. The zero-order chi connectivity index (χ0) is 17.1. The number of imidazole rings is 1. The fourth-order valence-corrected chi connectivity index (χ4v) is 3.66. The largest absolute Gasteiger partial charge is 0.300 e. The predicted molar refractivity (Wildman–Crippen MR) is 90.0 cm³/mol. The molecular weight excluding hydrogens is 350 g/mol. The lowest BCUT2D eigenvalue weighted by Gasteiger charge is -2.08. The van der Waals surface area contributed by atoms with Crippen LogP contribution >= 0.6 is 11.6 Å². The molecule has 0 N–H and O–H groups in total. The summed E-state index contributed by atoms with van der Waals surface area (Å²) in [4.78, 5) is 8.82. The Morgan fingerprint density at radius 3 is 2.88 bits per heavy atom. The van der Waals surface area contributed by atoms with Crippen molar-refractivity contribution in [1.82, 2.24) is 24.3 Å². The van der Waals surface area contributed by atoms with Crippen molar-refractivity contribution in [1.29, 1.82) is 0 Å². The van der Waals surface area contributed by atoms with Crippen LogP contribution in [0.25, 0.3) is 17.1 Å². The first-order valence-electron chi connectivity index (χ1n) is 7.26. The van der Waals surface area contributed by atoms with Gasteiger partial charge in [-0.05, 0) is 25.1 Å². The summed E-state index contributed by atoms with van der Waals surface area (Å²) in [5, 5.41) is 4.96. The summed E-state index contributed by atoms with van der Waals surface area (Å²) in [5.74, 6) is 0.694. The molecular formula is C15H14ClN5O2S. The third-order valence-electron chi connectivity index (χ3n) is 3.94. The molecule has 124 valence electrons. The van der Waals surface area contributed by atoms with Gasteiger partial charge in [0, 0.05) is 16.8 Å². The molecule has 0 spiro atoms. The molecule has 1 aliphatic rings. The SMILES string of the molecule is Cc1ncn2c1Cn1nc(CS(C)(=O)=O)nc1-c1cc(Cl)ccc1-2.